The maximum atomic E-state index is 14.2. The molecule has 0 radical (unpaired) electrons. The van der Waals surface area contributed by atoms with E-state index in [9.17, 15) is 9.18 Å². The number of rotatable bonds is 6. The minimum Gasteiger partial charge on any atom is -0.497 e. The van der Waals surface area contributed by atoms with Gasteiger partial charge in [0.05, 0.1) is 12.8 Å². The fourth-order valence-corrected chi connectivity index (χ4v) is 4.22. The normalized spacial score (nSPS) is 17.2. The lowest BCUT2D eigenvalue weighted by molar-refractivity contribution is 0.205. The number of aromatic nitrogens is 1. The summed E-state index contributed by atoms with van der Waals surface area (Å²) in [5, 5.41) is 4.66. The molecule has 33 heavy (non-hydrogen) atoms. The predicted molar refractivity (Wildman–Crippen MR) is 128 cm³/mol. The Labute approximate surface area is 192 Å². The van der Waals surface area contributed by atoms with E-state index in [1.807, 2.05) is 24.3 Å². The summed E-state index contributed by atoms with van der Waals surface area (Å²) in [6.07, 6.45) is 5.84. The van der Waals surface area contributed by atoms with Crippen LogP contribution in [-0.2, 0) is 6.42 Å². The van der Waals surface area contributed by atoms with E-state index in [0.29, 0.717) is 42.3 Å². The van der Waals surface area contributed by atoms with Gasteiger partial charge in [-0.05, 0) is 49.6 Å². The van der Waals surface area contributed by atoms with Crippen molar-refractivity contribution in [1.82, 2.24) is 9.88 Å². The molecule has 7 nitrogen and oxygen atoms in total. The van der Waals surface area contributed by atoms with Gasteiger partial charge >= 0.3 is 6.03 Å². The molecule has 4 rings (SSSR count). The van der Waals surface area contributed by atoms with Crippen molar-refractivity contribution in [3.8, 4) is 5.75 Å². The zero-order valence-corrected chi connectivity index (χ0v) is 18.6. The number of methoxy groups -OCH3 is 1. The molecule has 1 saturated heterocycles. The van der Waals surface area contributed by atoms with Gasteiger partial charge in [0.1, 0.15) is 17.4 Å². The lowest BCUT2D eigenvalue weighted by atomic mass is 9.96. The summed E-state index contributed by atoms with van der Waals surface area (Å²) in [6, 6.07) is 11.9. The van der Waals surface area contributed by atoms with Crippen LogP contribution in [0.3, 0.4) is 0 Å². The number of anilines is 1. The molecule has 0 bridgehead atoms. The number of likely N-dealkylation sites (tertiary alicyclic amines) is 1. The van der Waals surface area contributed by atoms with Crippen molar-refractivity contribution in [2.45, 2.75) is 19.3 Å². The SMILES string of the molecule is COc1ccc(CCN2CCCC(/C(N)=N/C(=O)Nc3cccc4cnccc34)C2)c(F)c1. The fourth-order valence-electron chi connectivity index (χ4n) is 4.22. The zero-order chi connectivity index (χ0) is 23.2. The Morgan fingerprint density at radius 2 is 2.21 bits per heavy atom. The Hall–Kier alpha value is -3.52. The van der Waals surface area contributed by atoms with Crippen LogP contribution in [0.1, 0.15) is 18.4 Å². The molecule has 8 heteroatoms. The van der Waals surface area contributed by atoms with E-state index in [1.54, 1.807) is 24.5 Å². The van der Waals surface area contributed by atoms with Gasteiger partial charge in [0.25, 0.3) is 0 Å². The summed E-state index contributed by atoms with van der Waals surface area (Å²) < 4.78 is 19.3. The number of nitrogens with one attached hydrogen (secondary N) is 1. The molecule has 1 unspecified atom stereocenters. The lowest BCUT2D eigenvalue weighted by Gasteiger charge is -2.32. The van der Waals surface area contributed by atoms with E-state index in [1.165, 1.54) is 13.2 Å². The molecule has 3 aromatic rings. The number of hydrogen-bond donors (Lipinski definition) is 2. The molecule has 1 atom stereocenters. The second-order valence-electron chi connectivity index (χ2n) is 8.22. The Kier molecular flexibility index (Phi) is 7.14. The highest BCUT2D eigenvalue weighted by Gasteiger charge is 2.23. The number of pyridine rings is 1. The molecule has 1 fully saturated rings. The number of fused-ring (bicyclic) bond motifs is 1. The lowest BCUT2D eigenvalue weighted by Crippen LogP contribution is -2.42. The van der Waals surface area contributed by atoms with Crippen LogP contribution < -0.4 is 15.8 Å². The molecule has 0 saturated carbocycles. The summed E-state index contributed by atoms with van der Waals surface area (Å²) in [7, 11) is 1.52. The topological polar surface area (TPSA) is 92.8 Å². The molecule has 1 aromatic heterocycles. The van der Waals surface area contributed by atoms with Crippen molar-refractivity contribution < 1.29 is 13.9 Å². The molecule has 1 aliphatic heterocycles. The molecule has 172 valence electrons. The van der Waals surface area contributed by atoms with Crippen molar-refractivity contribution in [1.29, 1.82) is 0 Å². The maximum Gasteiger partial charge on any atom is 0.347 e. The van der Waals surface area contributed by atoms with Gasteiger partial charge in [0, 0.05) is 48.2 Å². The van der Waals surface area contributed by atoms with Gasteiger partial charge in [-0.15, -0.1) is 0 Å². The Balaban J connectivity index is 1.35. The van der Waals surface area contributed by atoms with Gasteiger partial charge in [0.2, 0.25) is 0 Å². The van der Waals surface area contributed by atoms with E-state index in [2.05, 4.69) is 20.2 Å². The van der Waals surface area contributed by atoms with E-state index in [4.69, 9.17) is 10.5 Å². The molecule has 2 heterocycles. The van der Waals surface area contributed by atoms with Gasteiger partial charge < -0.3 is 20.7 Å². The standard InChI is InChI=1S/C25H28FN5O2/c1-33-20-8-7-17(22(26)14-20)10-13-31-12-3-5-19(16-31)24(27)30-25(32)29-23-6-2-4-18-15-28-11-9-21(18)23/h2,4,6-9,11,14-15,19H,3,5,10,12-13,16H2,1H3,(H3,27,29,30,32). The van der Waals surface area contributed by atoms with Crippen LogP contribution in [-0.4, -0.2) is 48.5 Å². The van der Waals surface area contributed by atoms with Gasteiger partial charge in [-0.25, -0.2) is 9.18 Å². The number of amidine groups is 1. The molecule has 2 aromatic carbocycles. The highest BCUT2D eigenvalue weighted by molar-refractivity contribution is 6.05. The number of piperidine rings is 1. The number of carbonyl (C=O) groups excluding carboxylic acids is 1. The number of carbonyl (C=O) groups is 1. The van der Waals surface area contributed by atoms with Crippen LogP contribution in [0, 0.1) is 11.7 Å². The summed E-state index contributed by atoms with van der Waals surface area (Å²) in [5.74, 6) is 0.568. The highest BCUT2D eigenvalue weighted by Crippen LogP contribution is 2.23. The third-order valence-corrected chi connectivity index (χ3v) is 6.03. The summed E-state index contributed by atoms with van der Waals surface area (Å²) in [4.78, 5) is 23.0. The van der Waals surface area contributed by atoms with Crippen LogP contribution in [0.5, 0.6) is 5.75 Å². The van der Waals surface area contributed by atoms with Crippen molar-refractivity contribution in [3.05, 3.63) is 66.2 Å². The number of ether oxygens (including phenoxy) is 1. The molecule has 0 spiro atoms. The molecule has 2 amide bonds. The van der Waals surface area contributed by atoms with Crippen molar-refractivity contribution >= 4 is 28.3 Å². The number of nitrogens with two attached hydrogens (primary N) is 1. The van der Waals surface area contributed by atoms with Crippen LogP contribution in [0.4, 0.5) is 14.9 Å². The Morgan fingerprint density at radius 3 is 3.03 bits per heavy atom. The first-order valence-corrected chi connectivity index (χ1v) is 11.1. The minimum absolute atomic E-state index is 0.0121. The largest absolute Gasteiger partial charge is 0.497 e. The molecule has 0 aliphatic carbocycles. The van der Waals surface area contributed by atoms with Gasteiger partial charge in [-0.3, -0.25) is 4.98 Å². The quantitative estimate of drug-likeness (QED) is 0.434. The number of urea groups is 1. The van der Waals surface area contributed by atoms with Gasteiger partial charge in [-0.2, -0.15) is 4.99 Å². The van der Waals surface area contributed by atoms with Crippen LogP contribution in [0.25, 0.3) is 10.8 Å². The highest BCUT2D eigenvalue weighted by atomic mass is 19.1. The average Bonchev–Trinajstić information content (AvgIpc) is 2.83. The second kappa shape index (κ2) is 10.4. The van der Waals surface area contributed by atoms with Crippen LogP contribution in [0.2, 0.25) is 0 Å². The number of amides is 2. The third kappa shape index (κ3) is 5.64. The smallest absolute Gasteiger partial charge is 0.347 e. The van der Waals surface area contributed by atoms with Crippen molar-refractivity contribution in [2.75, 3.05) is 32.1 Å². The van der Waals surface area contributed by atoms with E-state index in [-0.39, 0.29) is 11.7 Å². The van der Waals surface area contributed by atoms with Crippen LogP contribution in [0.15, 0.2) is 59.9 Å². The third-order valence-electron chi connectivity index (χ3n) is 6.03. The molecule has 1 aliphatic rings. The summed E-state index contributed by atoms with van der Waals surface area (Å²) in [5.41, 5.74) is 7.55. The number of benzene rings is 2. The minimum atomic E-state index is -0.491. The maximum absolute atomic E-state index is 14.2. The van der Waals surface area contributed by atoms with Gasteiger partial charge in [0.15, 0.2) is 0 Å². The Morgan fingerprint density at radius 1 is 1.33 bits per heavy atom. The van der Waals surface area contributed by atoms with Gasteiger partial charge in [-0.1, -0.05) is 18.2 Å². The monoisotopic (exact) mass is 449 g/mol. The first kappa shape index (κ1) is 22.7. The second-order valence-corrected chi connectivity index (χ2v) is 8.22. The predicted octanol–water partition coefficient (Wildman–Crippen LogP) is 4.23. The molecular formula is C25H28FN5O2. The number of nitrogens with zero attached hydrogens (tertiary/aromatic N) is 3. The Bertz CT molecular complexity index is 1160. The van der Waals surface area contributed by atoms with E-state index in [0.717, 1.165) is 30.2 Å². The average molecular weight is 450 g/mol. The van der Waals surface area contributed by atoms with Crippen molar-refractivity contribution in [2.24, 2.45) is 16.6 Å². The zero-order valence-electron chi connectivity index (χ0n) is 18.6. The number of aliphatic imine (C=N–C) groups is 1. The van der Waals surface area contributed by atoms with E-state index >= 15 is 0 Å². The number of hydrogen-bond acceptors (Lipinski definition) is 4. The van der Waals surface area contributed by atoms with Crippen molar-refractivity contribution in [3.63, 3.8) is 0 Å². The summed E-state index contributed by atoms with van der Waals surface area (Å²) in [6.45, 7) is 2.32. The van der Waals surface area contributed by atoms with E-state index < -0.39 is 6.03 Å². The summed E-state index contributed by atoms with van der Waals surface area (Å²) >= 11 is 0. The fraction of sp³-hybridized carbons (Fsp3) is 0.320. The first-order chi connectivity index (χ1) is 16.0. The molecular weight excluding hydrogens is 421 g/mol. The van der Waals surface area contributed by atoms with Crippen LogP contribution >= 0.6 is 0 Å². The molecule has 3 N–H and O–H groups in total. The number of halogens is 1. The first-order valence-electron chi connectivity index (χ1n) is 11.1.